The molecule has 0 heterocycles. The lowest BCUT2D eigenvalue weighted by Crippen LogP contribution is -2.01. The summed E-state index contributed by atoms with van der Waals surface area (Å²) in [6, 6.07) is 3.24. The molecule has 0 unspecified atom stereocenters. The first-order valence-electron chi connectivity index (χ1n) is 3.95. The molecular formula is C10H11ClO2. The second kappa shape index (κ2) is 3.79. The molecule has 13 heavy (non-hydrogen) atoms. The molecule has 2 nitrogen and oxygen atoms in total. The van der Waals surface area contributed by atoms with Crippen molar-refractivity contribution < 1.29 is 9.90 Å². The molecule has 0 atom stereocenters. The van der Waals surface area contributed by atoms with Gasteiger partial charge in [-0.2, -0.15) is 0 Å². The Bertz CT molecular complexity index is 345. The maximum atomic E-state index is 11.2. The Morgan fingerprint density at radius 2 is 1.92 bits per heavy atom. The van der Waals surface area contributed by atoms with Crippen molar-refractivity contribution in [1.82, 2.24) is 0 Å². The fourth-order valence-corrected chi connectivity index (χ4v) is 1.24. The summed E-state index contributed by atoms with van der Waals surface area (Å²) in [5, 5.41) is 9.44. The number of carbonyl (C=O) groups excluding carboxylic acids is 1. The Morgan fingerprint density at radius 1 is 1.38 bits per heavy atom. The lowest BCUT2D eigenvalue weighted by molar-refractivity contribution is 0.101. The maximum Gasteiger partial charge on any atom is 0.181 e. The van der Waals surface area contributed by atoms with Crippen LogP contribution in [0.3, 0.4) is 0 Å². The molecular weight excluding hydrogens is 188 g/mol. The smallest absolute Gasteiger partial charge is 0.181 e. The third kappa shape index (κ3) is 2.01. The number of alkyl halides is 1. The van der Waals surface area contributed by atoms with Crippen molar-refractivity contribution in [2.75, 3.05) is 5.88 Å². The standard InChI is InChI=1S/C10H11ClO2/c1-6-3-8(10(13)5-11)9(12)4-7(6)2/h3-4,12H,5H2,1-2H3. The summed E-state index contributed by atoms with van der Waals surface area (Å²) in [5.74, 6) is -0.341. The third-order valence-electron chi connectivity index (χ3n) is 2.03. The van der Waals surface area contributed by atoms with E-state index in [2.05, 4.69) is 0 Å². The van der Waals surface area contributed by atoms with E-state index >= 15 is 0 Å². The van der Waals surface area contributed by atoms with E-state index in [0.717, 1.165) is 11.1 Å². The molecule has 0 aliphatic heterocycles. The highest BCUT2D eigenvalue weighted by atomic mass is 35.5. The Morgan fingerprint density at radius 3 is 2.46 bits per heavy atom. The van der Waals surface area contributed by atoms with Crippen molar-refractivity contribution >= 4 is 17.4 Å². The molecule has 1 aromatic carbocycles. The van der Waals surface area contributed by atoms with Crippen molar-refractivity contribution in [1.29, 1.82) is 0 Å². The summed E-state index contributed by atoms with van der Waals surface area (Å²) in [4.78, 5) is 11.2. The van der Waals surface area contributed by atoms with Gasteiger partial charge in [0.1, 0.15) is 5.75 Å². The van der Waals surface area contributed by atoms with Gasteiger partial charge in [-0.15, -0.1) is 11.6 Å². The molecule has 0 radical (unpaired) electrons. The van der Waals surface area contributed by atoms with E-state index in [0.29, 0.717) is 5.56 Å². The number of ketones is 1. The Labute approximate surface area is 82.2 Å². The molecule has 0 amide bonds. The highest BCUT2D eigenvalue weighted by Gasteiger charge is 2.10. The van der Waals surface area contributed by atoms with Gasteiger partial charge in [0.15, 0.2) is 5.78 Å². The first kappa shape index (κ1) is 10.1. The minimum absolute atomic E-state index is 0.00810. The van der Waals surface area contributed by atoms with E-state index in [9.17, 15) is 9.90 Å². The first-order valence-corrected chi connectivity index (χ1v) is 4.49. The van der Waals surface area contributed by atoms with Crippen molar-refractivity contribution in [3.05, 3.63) is 28.8 Å². The van der Waals surface area contributed by atoms with E-state index in [1.165, 1.54) is 0 Å². The normalized spacial score (nSPS) is 10.1. The van der Waals surface area contributed by atoms with Crippen LogP contribution in [0.25, 0.3) is 0 Å². The topological polar surface area (TPSA) is 37.3 Å². The van der Waals surface area contributed by atoms with E-state index in [1.807, 2.05) is 13.8 Å². The van der Waals surface area contributed by atoms with Crippen LogP contribution in [-0.4, -0.2) is 16.8 Å². The Hall–Kier alpha value is -1.02. The highest BCUT2D eigenvalue weighted by molar-refractivity contribution is 6.30. The SMILES string of the molecule is Cc1cc(O)c(C(=O)CCl)cc1C. The van der Waals surface area contributed by atoms with Gasteiger partial charge in [0, 0.05) is 0 Å². The third-order valence-corrected chi connectivity index (χ3v) is 2.28. The fraction of sp³-hybridized carbons (Fsp3) is 0.300. The van der Waals surface area contributed by atoms with E-state index in [1.54, 1.807) is 12.1 Å². The number of rotatable bonds is 2. The van der Waals surface area contributed by atoms with Crippen molar-refractivity contribution in [2.24, 2.45) is 0 Å². The number of aromatic hydroxyl groups is 1. The van der Waals surface area contributed by atoms with Crippen LogP contribution < -0.4 is 0 Å². The van der Waals surface area contributed by atoms with Crippen molar-refractivity contribution in [3.8, 4) is 5.75 Å². The molecule has 1 aromatic rings. The number of halogens is 1. The molecule has 0 fully saturated rings. The van der Waals surface area contributed by atoms with Gasteiger partial charge in [0.25, 0.3) is 0 Å². The van der Waals surface area contributed by atoms with Crippen LogP contribution in [0.1, 0.15) is 21.5 Å². The van der Waals surface area contributed by atoms with Gasteiger partial charge in [0.2, 0.25) is 0 Å². The number of hydrogen-bond donors (Lipinski definition) is 1. The second-order valence-corrected chi connectivity index (χ2v) is 3.28. The van der Waals surface area contributed by atoms with Crippen LogP contribution in [0.4, 0.5) is 0 Å². The van der Waals surface area contributed by atoms with Crippen LogP contribution in [0.2, 0.25) is 0 Å². The minimum atomic E-state index is -0.248. The summed E-state index contributed by atoms with van der Waals surface area (Å²) < 4.78 is 0. The molecule has 0 aliphatic rings. The number of phenolic OH excluding ortho intramolecular Hbond substituents is 1. The monoisotopic (exact) mass is 198 g/mol. The van der Waals surface area contributed by atoms with E-state index in [4.69, 9.17) is 11.6 Å². The minimum Gasteiger partial charge on any atom is -0.507 e. The van der Waals surface area contributed by atoms with Gasteiger partial charge in [-0.25, -0.2) is 0 Å². The van der Waals surface area contributed by atoms with Crippen LogP contribution in [0.5, 0.6) is 5.75 Å². The number of phenols is 1. The van der Waals surface area contributed by atoms with Gasteiger partial charge in [-0.3, -0.25) is 4.79 Å². The van der Waals surface area contributed by atoms with Crippen molar-refractivity contribution in [3.63, 3.8) is 0 Å². The molecule has 0 saturated carbocycles. The van der Waals surface area contributed by atoms with Crippen LogP contribution in [-0.2, 0) is 0 Å². The predicted molar refractivity (Wildman–Crippen MR) is 52.6 cm³/mol. The van der Waals surface area contributed by atoms with Crippen LogP contribution >= 0.6 is 11.6 Å². The van der Waals surface area contributed by atoms with Crippen LogP contribution in [0, 0.1) is 13.8 Å². The Balaban J connectivity index is 3.23. The van der Waals surface area contributed by atoms with E-state index < -0.39 is 0 Å². The quantitative estimate of drug-likeness (QED) is 0.586. The van der Waals surface area contributed by atoms with Gasteiger partial charge >= 0.3 is 0 Å². The van der Waals surface area contributed by atoms with Gasteiger partial charge in [0.05, 0.1) is 11.4 Å². The van der Waals surface area contributed by atoms with Crippen molar-refractivity contribution in [2.45, 2.75) is 13.8 Å². The zero-order chi connectivity index (χ0) is 10.0. The number of benzene rings is 1. The first-order chi connectivity index (χ1) is 6.06. The van der Waals surface area contributed by atoms with Gasteiger partial charge in [-0.1, -0.05) is 0 Å². The summed E-state index contributed by atoms with van der Waals surface area (Å²) in [6.45, 7) is 3.77. The molecule has 0 saturated heterocycles. The van der Waals surface area contributed by atoms with E-state index in [-0.39, 0.29) is 17.4 Å². The second-order valence-electron chi connectivity index (χ2n) is 3.01. The predicted octanol–water partition coefficient (Wildman–Crippen LogP) is 2.43. The molecule has 70 valence electrons. The zero-order valence-electron chi connectivity index (χ0n) is 7.60. The number of carbonyl (C=O) groups is 1. The molecule has 0 spiro atoms. The van der Waals surface area contributed by atoms with Gasteiger partial charge in [-0.05, 0) is 37.1 Å². The fourth-order valence-electron chi connectivity index (χ4n) is 1.10. The average Bonchev–Trinajstić information content (AvgIpc) is 2.10. The Kier molecular flexibility index (Phi) is 2.94. The summed E-state index contributed by atoms with van der Waals surface area (Å²) >= 11 is 5.39. The maximum absolute atomic E-state index is 11.2. The number of aryl methyl sites for hydroxylation is 2. The molecule has 3 heteroatoms. The molecule has 0 aliphatic carbocycles. The highest BCUT2D eigenvalue weighted by Crippen LogP contribution is 2.22. The average molecular weight is 199 g/mol. The summed E-state index contributed by atoms with van der Waals surface area (Å²) in [6.07, 6.45) is 0. The summed E-state index contributed by atoms with van der Waals surface area (Å²) in [7, 11) is 0. The van der Waals surface area contributed by atoms with Gasteiger partial charge < -0.3 is 5.11 Å². The molecule has 0 bridgehead atoms. The van der Waals surface area contributed by atoms with Crippen LogP contribution in [0.15, 0.2) is 12.1 Å². The zero-order valence-corrected chi connectivity index (χ0v) is 8.35. The molecule has 1 rings (SSSR count). The largest absolute Gasteiger partial charge is 0.507 e. The lowest BCUT2D eigenvalue weighted by atomic mass is 10.0. The number of hydrogen-bond acceptors (Lipinski definition) is 2. The molecule has 0 aromatic heterocycles. The summed E-state index contributed by atoms with van der Waals surface area (Å²) in [5.41, 5.74) is 2.24. The molecule has 1 N–H and O–H groups in total. The lowest BCUT2D eigenvalue weighted by Gasteiger charge is -2.05. The number of Topliss-reactive ketones (excluding diaryl/α,β-unsaturated/α-hetero) is 1.